The first-order chi connectivity index (χ1) is 23.2. The smallest absolute Gasteiger partial charge is 0.123 e. The fourth-order valence-electron chi connectivity index (χ4n) is 6.64. The largest absolute Gasteiger partial charge is 0.493 e. The highest BCUT2D eigenvalue weighted by molar-refractivity contribution is 5.38. The molecule has 0 amide bonds. The Hall–Kier alpha value is -1.26. The Morgan fingerprint density at radius 3 is 1.53 bits per heavy atom. The predicted octanol–water partition coefficient (Wildman–Crippen LogP) is 12.7. The van der Waals surface area contributed by atoms with Crippen LogP contribution in [0.2, 0.25) is 0 Å². The molecule has 1 atom stereocenters. The van der Waals surface area contributed by atoms with Crippen LogP contribution in [0, 0.1) is 5.92 Å². The minimum absolute atomic E-state index is 0.209. The standard InChI is InChI=1S/C43H81NO3/c1-5-9-12-14-16-18-19-20-21-22-23-25-27-30-41-36-42(38-43(37-41)47-39-40(8-4)29-11-7-3)46-35-33-44(32-34-45)31-28-26-24-17-15-13-10-6-2/h36-38,40,45H,5-35,39H2,1-4H3. The number of aliphatic hydroxyl groups is 1. The number of unbranched alkanes of at least 4 members (excludes halogenated alkanes) is 20. The number of benzene rings is 1. The second kappa shape index (κ2) is 33.2. The van der Waals surface area contributed by atoms with Gasteiger partial charge in [-0.15, -0.1) is 0 Å². The van der Waals surface area contributed by atoms with Gasteiger partial charge in [-0.3, -0.25) is 4.90 Å². The van der Waals surface area contributed by atoms with Gasteiger partial charge in [0.05, 0.1) is 13.2 Å². The van der Waals surface area contributed by atoms with Crippen LogP contribution in [0.3, 0.4) is 0 Å². The molecule has 0 aliphatic carbocycles. The van der Waals surface area contributed by atoms with Crippen molar-refractivity contribution >= 4 is 0 Å². The summed E-state index contributed by atoms with van der Waals surface area (Å²) in [5.41, 5.74) is 1.34. The van der Waals surface area contributed by atoms with E-state index in [1.54, 1.807) is 0 Å². The van der Waals surface area contributed by atoms with Gasteiger partial charge >= 0.3 is 0 Å². The third-order valence-corrected chi connectivity index (χ3v) is 9.96. The van der Waals surface area contributed by atoms with Gasteiger partial charge in [-0.2, -0.15) is 0 Å². The molecule has 0 aliphatic rings. The molecule has 1 unspecified atom stereocenters. The summed E-state index contributed by atoms with van der Waals surface area (Å²) in [6.45, 7) is 13.4. The quantitative estimate of drug-likeness (QED) is 0.0728. The normalized spacial score (nSPS) is 12.2. The van der Waals surface area contributed by atoms with Crippen molar-refractivity contribution < 1.29 is 14.6 Å². The molecule has 0 radical (unpaired) electrons. The van der Waals surface area contributed by atoms with Gasteiger partial charge in [0, 0.05) is 19.2 Å². The summed E-state index contributed by atoms with van der Waals surface area (Å²) >= 11 is 0. The fourth-order valence-corrected chi connectivity index (χ4v) is 6.64. The number of hydrogen-bond acceptors (Lipinski definition) is 4. The van der Waals surface area contributed by atoms with E-state index in [1.165, 1.54) is 166 Å². The van der Waals surface area contributed by atoms with Gasteiger partial charge in [-0.1, -0.05) is 169 Å². The van der Waals surface area contributed by atoms with Crippen LogP contribution < -0.4 is 9.47 Å². The van der Waals surface area contributed by atoms with Gasteiger partial charge in [0.25, 0.3) is 0 Å². The van der Waals surface area contributed by atoms with Crippen LogP contribution in [0.1, 0.15) is 194 Å². The third-order valence-electron chi connectivity index (χ3n) is 9.96. The maximum absolute atomic E-state index is 9.65. The minimum Gasteiger partial charge on any atom is -0.493 e. The summed E-state index contributed by atoms with van der Waals surface area (Å²) < 4.78 is 12.8. The summed E-state index contributed by atoms with van der Waals surface area (Å²) in [7, 11) is 0. The van der Waals surface area contributed by atoms with Gasteiger partial charge in [0.2, 0.25) is 0 Å². The average Bonchev–Trinajstić information content (AvgIpc) is 3.08. The summed E-state index contributed by atoms with van der Waals surface area (Å²) in [4.78, 5) is 2.37. The fraction of sp³-hybridized carbons (Fsp3) is 0.860. The second-order valence-electron chi connectivity index (χ2n) is 14.4. The summed E-state index contributed by atoms with van der Waals surface area (Å²) in [6, 6.07) is 6.62. The van der Waals surface area contributed by atoms with Crippen molar-refractivity contribution in [1.82, 2.24) is 4.90 Å². The van der Waals surface area contributed by atoms with Crippen molar-refractivity contribution in [2.75, 3.05) is 39.5 Å². The van der Waals surface area contributed by atoms with Gasteiger partial charge in [0.15, 0.2) is 0 Å². The molecule has 276 valence electrons. The molecule has 0 heterocycles. The highest BCUT2D eigenvalue weighted by atomic mass is 16.5. The Morgan fingerprint density at radius 2 is 1.02 bits per heavy atom. The molecule has 0 saturated heterocycles. The van der Waals surface area contributed by atoms with E-state index >= 15 is 0 Å². The van der Waals surface area contributed by atoms with Crippen LogP contribution in [-0.2, 0) is 6.42 Å². The molecule has 0 aromatic heterocycles. The van der Waals surface area contributed by atoms with Crippen molar-refractivity contribution in [2.45, 2.75) is 195 Å². The number of aliphatic hydroxyl groups excluding tert-OH is 1. The predicted molar refractivity (Wildman–Crippen MR) is 206 cm³/mol. The van der Waals surface area contributed by atoms with Crippen molar-refractivity contribution in [3.8, 4) is 11.5 Å². The minimum atomic E-state index is 0.209. The van der Waals surface area contributed by atoms with Gasteiger partial charge in [-0.25, -0.2) is 0 Å². The van der Waals surface area contributed by atoms with E-state index < -0.39 is 0 Å². The lowest BCUT2D eigenvalue weighted by molar-refractivity contribution is 0.165. The zero-order valence-corrected chi connectivity index (χ0v) is 32.1. The molecule has 0 saturated carbocycles. The Balaban J connectivity index is 2.52. The highest BCUT2D eigenvalue weighted by Crippen LogP contribution is 2.26. The molecule has 1 N–H and O–H groups in total. The van der Waals surface area contributed by atoms with Gasteiger partial charge in [-0.05, 0) is 55.8 Å². The lowest BCUT2D eigenvalue weighted by Crippen LogP contribution is -2.32. The van der Waals surface area contributed by atoms with Crippen molar-refractivity contribution in [3.05, 3.63) is 23.8 Å². The van der Waals surface area contributed by atoms with E-state index in [1.807, 2.05) is 0 Å². The van der Waals surface area contributed by atoms with E-state index in [2.05, 4.69) is 50.8 Å². The molecule has 4 nitrogen and oxygen atoms in total. The van der Waals surface area contributed by atoms with Crippen molar-refractivity contribution in [3.63, 3.8) is 0 Å². The Kier molecular flexibility index (Phi) is 31.0. The van der Waals surface area contributed by atoms with Crippen molar-refractivity contribution in [1.29, 1.82) is 0 Å². The van der Waals surface area contributed by atoms with E-state index in [9.17, 15) is 5.11 Å². The number of rotatable bonds is 36. The maximum Gasteiger partial charge on any atom is 0.123 e. The zero-order chi connectivity index (χ0) is 34.0. The zero-order valence-electron chi connectivity index (χ0n) is 32.1. The van der Waals surface area contributed by atoms with Crippen LogP contribution in [-0.4, -0.2) is 49.5 Å². The lowest BCUT2D eigenvalue weighted by Gasteiger charge is -2.22. The first-order valence-electron chi connectivity index (χ1n) is 20.9. The highest BCUT2D eigenvalue weighted by Gasteiger charge is 2.10. The molecule has 4 heteroatoms. The monoisotopic (exact) mass is 660 g/mol. The molecule has 1 aromatic rings. The van der Waals surface area contributed by atoms with Crippen LogP contribution in [0.25, 0.3) is 0 Å². The number of aryl methyl sites for hydroxylation is 1. The first kappa shape index (κ1) is 43.8. The number of ether oxygens (including phenoxy) is 2. The summed E-state index contributed by atoms with van der Waals surface area (Å²) in [6.07, 6.45) is 34.7. The first-order valence-corrected chi connectivity index (χ1v) is 20.9. The molecular weight excluding hydrogens is 578 g/mol. The number of nitrogens with zero attached hydrogens (tertiary/aromatic N) is 1. The van der Waals surface area contributed by atoms with Crippen LogP contribution >= 0.6 is 0 Å². The Bertz CT molecular complexity index is 784. The molecule has 0 spiro atoms. The van der Waals surface area contributed by atoms with Gasteiger partial charge in [0.1, 0.15) is 18.1 Å². The summed E-state index contributed by atoms with van der Waals surface area (Å²) in [5, 5.41) is 9.65. The van der Waals surface area contributed by atoms with E-state index in [-0.39, 0.29) is 6.61 Å². The molecule has 0 aliphatic heterocycles. The third kappa shape index (κ3) is 26.3. The van der Waals surface area contributed by atoms with E-state index in [0.717, 1.165) is 44.2 Å². The second-order valence-corrected chi connectivity index (χ2v) is 14.4. The molecule has 0 bridgehead atoms. The van der Waals surface area contributed by atoms with Crippen molar-refractivity contribution in [2.24, 2.45) is 5.92 Å². The van der Waals surface area contributed by atoms with Crippen LogP contribution in [0.15, 0.2) is 18.2 Å². The number of hydrogen-bond donors (Lipinski definition) is 1. The molecule has 1 aromatic carbocycles. The van der Waals surface area contributed by atoms with Crippen LogP contribution in [0.5, 0.6) is 11.5 Å². The molecular formula is C43H81NO3. The van der Waals surface area contributed by atoms with E-state index in [0.29, 0.717) is 12.5 Å². The lowest BCUT2D eigenvalue weighted by atomic mass is 10.0. The van der Waals surface area contributed by atoms with Crippen LogP contribution in [0.4, 0.5) is 0 Å². The topological polar surface area (TPSA) is 41.9 Å². The van der Waals surface area contributed by atoms with Gasteiger partial charge < -0.3 is 14.6 Å². The molecule has 47 heavy (non-hydrogen) atoms. The average molecular weight is 660 g/mol. The maximum atomic E-state index is 9.65. The Morgan fingerprint density at radius 1 is 0.532 bits per heavy atom. The Labute approximate surface area is 294 Å². The summed E-state index contributed by atoms with van der Waals surface area (Å²) in [5.74, 6) is 2.52. The molecule has 1 rings (SSSR count). The van der Waals surface area contributed by atoms with E-state index in [4.69, 9.17) is 9.47 Å². The molecule has 0 fully saturated rings. The SMILES string of the molecule is CCCCCCCCCCCCCCCc1cc(OCCN(CCO)CCCCCCCCCC)cc(OCC(CC)CCCC)c1.